The first-order valence-electron chi connectivity index (χ1n) is 13.9. The number of nitrogens with one attached hydrogen (secondary N) is 1. The van der Waals surface area contributed by atoms with Gasteiger partial charge in [-0.25, -0.2) is 0 Å². The van der Waals surface area contributed by atoms with Crippen LogP contribution in [0.4, 0.5) is 0 Å². The summed E-state index contributed by atoms with van der Waals surface area (Å²) in [7, 11) is 0. The number of ketones is 1. The summed E-state index contributed by atoms with van der Waals surface area (Å²) in [5, 5.41) is 5.31. The number of aryl methyl sites for hydroxylation is 1. The maximum Gasteiger partial charge on any atom is 0.314 e. The molecule has 38 heavy (non-hydrogen) atoms. The number of benzene rings is 3. The van der Waals surface area contributed by atoms with Gasteiger partial charge < -0.3 is 10.1 Å². The fraction of sp³-hybridized carbons (Fsp3) is 0.424. The van der Waals surface area contributed by atoms with Crippen LogP contribution in [0.15, 0.2) is 72.8 Å². The molecule has 2 fully saturated rings. The summed E-state index contributed by atoms with van der Waals surface area (Å²) in [5.41, 5.74) is 1.96. The van der Waals surface area contributed by atoms with Crippen molar-refractivity contribution in [3.63, 3.8) is 0 Å². The Morgan fingerprint density at radius 3 is 2.39 bits per heavy atom. The molecule has 5 rings (SSSR count). The van der Waals surface area contributed by atoms with E-state index in [9.17, 15) is 14.4 Å². The molecule has 5 nitrogen and oxygen atoms in total. The second-order valence-electron chi connectivity index (χ2n) is 11.2. The Morgan fingerprint density at radius 1 is 0.974 bits per heavy atom. The van der Waals surface area contributed by atoms with Crippen molar-refractivity contribution in [2.24, 2.45) is 29.6 Å². The maximum absolute atomic E-state index is 13.9. The summed E-state index contributed by atoms with van der Waals surface area (Å²) in [6.45, 7) is 6.16. The van der Waals surface area contributed by atoms with Crippen LogP contribution >= 0.6 is 0 Å². The second kappa shape index (κ2) is 11.1. The van der Waals surface area contributed by atoms with Gasteiger partial charge in [-0.05, 0) is 59.4 Å². The van der Waals surface area contributed by atoms with E-state index in [-0.39, 0.29) is 53.3 Å². The van der Waals surface area contributed by atoms with Crippen LogP contribution in [0.5, 0.6) is 0 Å². The minimum atomic E-state index is -0.692. The summed E-state index contributed by atoms with van der Waals surface area (Å²) in [5.74, 6) is -0.373. The summed E-state index contributed by atoms with van der Waals surface area (Å²) in [6.07, 6.45) is 2.56. The highest BCUT2D eigenvalue weighted by molar-refractivity contribution is 6.01. The molecule has 1 N–H and O–H groups in total. The van der Waals surface area contributed by atoms with E-state index >= 15 is 0 Å². The van der Waals surface area contributed by atoms with E-state index in [1.807, 2.05) is 68.4 Å². The van der Waals surface area contributed by atoms with Crippen LogP contribution in [0.1, 0.15) is 56.0 Å². The lowest BCUT2D eigenvalue weighted by molar-refractivity contribution is -0.193. The highest BCUT2D eigenvalue weighted by Crippen LogP contribution is 2.44. The number of amides is 1. The second-order valence-corrected chi connectivity index (χ2v) is 11.2. The number of esters is 1. The van der Waals surface area contributed by atoms with E-state index < -0.39 is 6.10 Å². The molecule has 2 aliphatic rings. The van der Waals surface area contributed by atoms with E-state index in [0.717, 1.165) is 42.0 Å². The zero-order chi connectivity index (χ0) is 26.8. The molecule has 1 saturated carbocycles. The molecular weight excluding hydrogens is 474 g/mol. The molecule has 1 heterocycles. The lowest BCUT2D eigenvalue weighted by Gasteiger charge is -2.37. The first-order chi connectivity index (χ1) is 18.4. The Hall–Kier alpha value is -3.47. The Bertz CT molecular complexity index is 1320. The molecule has 3 aromatic carbocycles. The predicted octanol–water partition coefficient (Wildman–Crippen LogP) is 6.00. The quantitative estimate of drug-likeness (QED) is 0.253. The summed E-state index contributed by atoms with van der Waals surface area (Å²) < 4.78 is 5.22. The van der Waals surface area contributed by atoms with Gasteiger partial charge in [-0.3, -0.25) is 14.4 Å². The molecular formula is C33H37NO4. The molecule has 1 unspecified atom stereocenters. The van der Waals surface area contributed by atoms with Gasteiger partial charge in [-0.1, -0.05) is 93.9 Å². The molecule has 1 amide bonds. The van der Waals surface area contributed by atoms with E-state index in [0.29, 0.717) is 0 Å². The van der Waals surface area contributed by atoms with Gasteiger partial charge in [0.05, 0.1) is 0 Å². The first-order valence-corrected chi connectivity index (χ1v) is 13.9. The van der Waals surface area contributed by atoms with Crippen molar-refractivity contribution in [1.29, 1.82) is 0 Å². The maximum atomic E-state index is 13.9. The third kappa shape index (κ3) is 5.38. The summed E-state index contributed by atoms with van der Waals surface area (Å²) in [4.78, 5) is 38.8. The average Bonchev–Trinajstić information content (AvgIpc) is 3.70. The number of Topliss-reactive ketones (excluding diaryl/α,β-unsaturated/α-hetero) is 1. The van der Waals surface area contributed by atoms with E-state index in [1.54, 1.807) is 0 Å². The van der Waals surface area contributed by atoms with Gasteiger partial charge in [0.15, 0.2) is 11.9 Å². The van der Waals surface area contributed by atoms with Crippen molar-refractivity contribution in [3.05, 3.63) is 83.9 Å². The topological polar surface area (TPSA) is 72.5 Å². The number of hydrogen-bond acceptors (Lipinski definition) is 4. The van der Waals surface area contributed by atoms with Gasteiger partial charge >= 0.3 is 5.97 Å². The zero-order valence-corrected chi connectivity index (χ0v) is 22.4. The lowest BCUT2D eigenvalue weighted by atomic mass is 9.79. The molecule has 0 bridgehead atoms. The minimum absolute atomic E-state index is 0.0120. The van der Waals surface area contributed by atoms with Gasteiger partial charge in [0, 0.05) is 17.5 Å². The monoisotopic (exact) mass is 511 g/mol. The molecule has 1 aliphatic heterocycles. The Balaban J connectivity index is 1.29. The highest BCUT2D eigenvalue weighted by Gasteiger charge is 2.52. The van der Waals surface area contributed by atoms with Crippen LogP contribution in [-0.2, 0) is 20.7 Å². The highest BCUT2D eigenvalue weighted by atomic mass is 16.6. The van der Waals surface area contributed by atoms with E-state index in [2.05, 4.69) is 30.4 Å². The number of hydrogen-bond donors (Lipinski definition) is 1. The van der Waals surface area contributed by atoms with E-state index in [4.69, 9.17) is 4.74 Å². The van der Waals surface area contributed by atoms with Crippen molar-refractivity contribution in [2.45, 2.75) is 58.6 Å². The molecule has 0 spiro atoms. The van der Waals surface area contributed by atoms with Crippen molar-refractivity contribution in [1.82, 2.24) is 5.32 Å². The molecule has 1 saturated heterocycles. The largest absolute Gasteiger partial charge is 0.451 e. The number of cyclic esters (lactones) is 1. The van der Waals surface area contributed by atoms with E-state index in [1.165, 1.54) is 5.56 Å². The zero-order valence-electron chi connectivity index (χ0n) is 22.4. The van der Waals surface area contributed by atoms with Crippen LogP contribution in [0.25, 0.3) is 10.8 Å². The molecule has 1 aliphatic carbocycles. The normalized spacial score (nSPS) is 24.6. The predicted molar refractivity (Wildman–Crippen MR) is 149 cm³/mol. The average molecular weight is 512 g/mol. The molecule has 3 aromatic rings. The fourth-order valence-electron chi connectivity index (χ4n) is 6.01. The third-order valence-corrected chi connectivity index (χ3v) is 8.79. The summed E-state index contributed by atoms with van der Waals surface area (Å²) >= 11 is 0. The number of carbonyl (C=O) groups excluding carboxylic acids is 3. The van der Waals surface area contributed by atoms with Crippen LogP contribution in [-0.4, -0.2) is 29.8 Å². The Morgan fingerprint density at radius 2 is 1.68 bits per heavy atom. The van der Waals surface area contributed by atoms with Crippen LogP contribution in [0.2, 0.25) is 0 Å². The van der Waals surface area contributed by atoms with Gasteiger partial charge in [0.1, 0.15) is 5.92 Å². The first kappa shape index (κ1) is 26.1. The Kier molecular flexibility index (Phi) is 7.64. The number of carbonyl (C=O) groups is 3. The van der Waals surface area contributed by atoms with Crippen molar-refractivity contribution < 1.29 is 19.1 Å². The van der Waals surface area contributed by atoms with Gasteiger partial charge in [-0.2, -0.15) is 0 Å². The lowest BCUT2D eigenvalue weighted by Crippen LogP contribution is -2.56. The Labute approximate surface area is 225 Å². The molecule has 0 radical (unpaired) electrons. The molecule has 5 heteroatoms. The molecule has 7 atom stereocenters. The van der Waals surface area contributed by atoms with Crippen molar-refractivity contribution in [2.75, 3.05) is 0 Å². The van der Waals surface area contributed by atoms with Crippen molar-refractivity contribution in [3.8, 4) is 0 Å². The van der Waals surface area contributed by atoms with Gasteiger partial charge in [0.2, 0.25) is 0 Å². The third-order valence-electron chi connectivity index (χ3n) is 8.79. The SMILES string of the molecule is CCC(C)[C@@H]1C(=O)O[C@H]1C(=O)N[C@H]1C[C@H]1[C@H](C)[C@@H](CCc1ccccc1)C(=O)c1ccc2ccccc2c1. The van der Waals surface area contributed by atoms with Gasteiger partial charge in [-0.15, -0.1) is 0 Å². The summed E-state index contributed by atoms with van der Waals surface area (Å²) in [6, 6.07) is 24.4. The van der Waals surface area contributed by atoms with Crippen LogP contribution < -0.4 is 5.32 Å². The number of fused-ring (bicyclic) bond motifs is 1. The van der Waals surface area contributed by atoms with Crippen LogP contribution in [0.3, 0.4) is 0 Å². The number of rotatable bonds is 11. The molecule has 0 aromatic heterocycles. The smallest absolute Gasteiger partial charge is 0.314 e. The standard InChI is InChI=1S/C33H37NO4/c1-4-20(2)29-31(38-33(29)37)32(36)34-28-19-27(28)21(3)26(17-14-22-10-6-5-7-11-22)30(35)25-16-15-23-12-8-9-13-24(23)18-25/h5-13,15-16,18,20-21,26-29,31H,4,14,17,19H2,1-3H3,(H,34,36)/t20?,21-,26-,27+,28+,29+,31-/m1/s1. The fourth-order valence-corrected chi connectivity index (χ4v) is 6.01. The minimum Gasteiger partial charge on any atom is -0.451 e. The van der Waals surface area contributed by atoms with Crippen LogP contribution in [0, 0.1) is 29.6 Å². The molecule has 198 valence electrons. The number of ether oxygens (including phenoxy) is 1. The van der Waals surface area contributed by atoms with Crippen molar-refractivity contribution >= 4 is 28.4 Å². The van der Waals surface area contributed by atoms with Gasteiger partial charge in [0.25, 0.3) is 5.91 Å².